The lowest BCUT2D eigenvalue weighted by Gasteiger charge is -2.20. The van der Waals surface area contributed by atoms with Gasteiger partial charge in [-0.15, -0.1) is 0 Å². The molecule has 0 aliphatic rings. The maximum Gasteiger partial charge on any atom is 0.244 e. The Balaban J connectivity index is 3.27. The molecule has 5 nitrogen and oxygen atoms in total. The first-order chi connectivity index (χ1) is 9.23. The zero-order valence-corrected chi connectivity index (χ0v) is 15.4. The summed E-state index contributed by atoms with van der Waals surface area (Å²) < 4.78 is 27.5. The van der Waals surface area contributed by atoms with Crippen molar-refractivity contribution in [2.45, 2.75) is 18.7 Å². The number of aryl methyl sites for hydroxylation is 1. The van der Waals surface area contributed by atoms with E-state index < -0.39 is 10.0 Å². The number of halogens is 2. The van der Waals surface area contributed by atoms with Crippen molar-refractivity contribution in [1.29, 1.82) is 0 Å². The monoisotopic (exact) mass is 426 g/mol. The maximum absolute atomic E-state index is 12.6. The summed E-state index contributed by atoms with van der Waals surface area (Å²) in [6, 6.07) is 3.27. The number of nitrogens with one attached hydrogen (secondary N) is 1. The first kappa shape index (κ1) is 17.6. The molecule has 0 aliphatic heterocycles. The van der Waals surface area contributed by atoms with Gasteiger partial charge in [0.1, 0.15) is 0 Å². The van der Waals surface area contributed by atoms with E-state index in [1.54, 1.807) is 19.1 Å². The van der Waals surface area contributed by atoms with E-state index in [4.69, 9.17) is 0 Å². The van der Waals surface area contributed by atoms with E-state index in [1.165, 1.54) is 7.05 Å². The fourth-order valence-electron chi connectivity index (χ4n) is 1.57. The fraction of sp³-hybridized carbons (Fsp3) is 0.417. The van der Waals surface area contributed by atoms with Gasteiger partial charge < -0.3 is 5.32 Å². The van der Waals surface area contributed by atoms with Crippen LogP contribution >= 0.6 is 31.9 Å². The van der Waals surface area contributed by atoms with E-state index in [-0.39, 0.29) is 23.9 Å². The molecule has 0 radical (unpaired) electrons. The van der Waals surface area contributed by atoms with Gasteiger partial charge in [-0.2, -0.15) is 4.31 Å². The van der Waals surface area contributed by atoms with Gasteiger partial charge in [-0.1, -0.05) is 22.9 Å². The Hall–Kier alpha value is -0.440. The first-order valence-corrected chi connectivity index (χ1v) is 8.93. The summed E-state index contributed by atoms with van der Waals surface area (Å²) in [4.78, 5) is 11.6. The van der Waals surface area contributed by atoms with Crippen molar-refractivity contribution in [3.8, 4) is 0 Å². The molecule has 20 heavy (non-hydrogen) atoms. The van der Waals surface area contributed by atoms with Crippen LogP contribution in [-0.4, -0.2) is 38.8 Å². The van der Waals surface area contributed by atoms with Crippen molar-refractivity contribution >= 4 is 47.8 Å². The van der Waals surface area contributed by atoms with Gasteiger partial charge in [0.2, 0.25) is 15.9 Å². The molecule has 1 aromatic rings. The molecule has 1 rings (SSSR count). The molecule has 0 saturated carbocycles. The number of amides is 1. The molecule has 8 heteroatoms. The van der Waals surface area contributed by atoms with Crippen LogP contribution in [0.25, 0.3) is 0 Å². The Morgan fingerprint density at radius 2 is 1.90 bits per heavy atom. The van der Waals surface area contributed by atoms with Gasteiger partial charge in [0.15, 0.2) is 0 Å². The summed E-state index contributed by atoms with van der Waals surface area (Å²) in [5.74, 6) is -0.349. The molecule has 1 aromatic carbocycles. The quantitative estimate of drug-likeness (QED) is 0.783. The van der Waals surface area contributed by atoms with Gasteiger partial charge in [0.05, 0.1) is 11.4 Å². The number of hydrogen-bond acceptors (Lipinski definition) is 3. The lowest BCUT2D eigenvalue weighted by atomic mass is 10.2. The average molecular weight is 428 g/mol. The molecule has 0 aromatic heterocycles. The van der Waals surface area contributed by atoms with Gasteiger partial charge in [0.25, 0.3) is 0 Å². The van der Waals surface area contributed by atoms with Crippen LogP contribution in [0.5, 0.6) is 0 Å². The average Bonchev–Trinajstić information content (AvgIpc) is 2.39. The Morgan fingerprint density at radius 1 is 1.30 bits per heavy atom. The summed E-state index contributed by atoms with van der Waals surface area (Å²) in [5, 5.41) is 2.42. The topological polar surface area (TPSA) is 66.5 Å². The number of carbonyl (C=O) groups excluding carboxylic acids is 1. The lowest BCUT2D eigenvalue weighted by molar-refractivity contribution is -0.120. The van der Waals surface area contributed by atoms with Crippen molar-refractivity contribution in [3.63, 3.8) is 0 Å². The summed E-state index contributed by atoms with van der Waals surface area (Å²) in [7, 11) is -2.26. The van der Waals surface area contributed by atoms with Crippen LogP contribution in [0.1, 0.15) is 12.5 Å². The molecular formula is C12H16Br2N2O3S. The van der Waals surface area contributed by atoms with Crippen LogP contribution in [0.2, 0.25) is 0 Å². The van der Waals surface area contributed by atoms with Crippen LogP contribution in [0.4, 0.5) is 0 Å². The van der Waals surface area contributed by atoms with Crippen molar-refractivity contribution in [3.05, 3.63) is 26.6 Å². The molecule has 1 N–H and O–H groups in total. The van der Waals surface area contributed by atoms with E-state index in [0.29, 0.717) is 8.95 Å². The molecule has 0 unspecified atom stereocenters. The third-order valence-electron chi connectivity index (χ3n) is 2.78. The largest absolute Gasteiger partial charge is 0.358 e. The SMILES string of the molecule is CCN(CC(=O)NC)S(=O)(=O)c1cc(Br)c(C)cc1Br. The summed E-state index contributed by atoms with van der Waals surface area (Å²) in [6.07, 6.45) is 0. The zero-order chi connectivity index (χ0) is 15.5. The van der Waals surface area contributed by atoms with E-state index in [1.807, 2.05) is 6.92 Å². The minimum Gasteiger partial charge on any atom is -0.358 e. The second kappa shape index (κ2) is 7.02. The van der Waals surface area contributed by atoms with Crippen molar-refractivity contribution in [1.82, 2.24) is 9.62 Å². The molecule has 0 heterocycles. The fourth-order valence-corrected chi connectivity index (χ4v) is 4.61. The third kappa shape index (κ3) is 3.81. The van der Waals surface area contributed by atoms with Gasteiger partial charge >= 0.3 is 0 Å². The molecule has 0 atom stereocenters. The van der Waals surface area contributed by atoms with Crippen LogP contribution in [0.15, 0.2) is 26.0 Å². The van der Waals surface area contributed by atoms with Crippen LogP contribution in [0.3, 0.4) is 0 Å². The Bertz CT molecular complexity index is 617. The predicted octanol–water partition coefficient (Wildman–Crippen LogP) is 2.28. The molecule has 1 amide bonds. The number of rotatable bonds is 5. The van der Waals surface area contributed by atoms with Crippen LogP contribution < -0.4 is 5.32 Å². The van der Waals surface area contributed by atoms with E-state index >= 15 is 0 Å². The summed E-state index contributed by atoms with van der Waals surface area (Å²) in [6.45, 7) is 3.58. The van der Waals surface area contributed by atoms with Crippen LogP contribution in [-0.2, 0) is 14.8 Å². The number of carbonyl (C=O) groups is 1. The molecule has 0 spiro atoms. The van der Waals surface area contributed by atoms with E-state index in [2.05, 4.69) is 37.2 Å². The second-order valence-corrected chi connectivity index (χ2v) is 7.75. The Labute approximate surface area is 136 Å². The van der Waals surface area contributed by atoms with Gasteiger partial charge in [-0.25, -0.2) is 8.42 Å². The molecular weight excluding hydrogens is 412 g/mol. The highest BCUT2D eigenvalue weighted by Crippen LogP contribution is 2.30. The molecule has 0 aliphatic carbocycles. The zero-order valence-electron chi connectivity index (χ0n) is 11.4. The molecule has 0 bridgehead atoms. The van der Waals surface area contributed by atoms with Crippen molar-refractivity contribution < 1.29 is 13.2 Å². The Kier molecular flexibility index (Phi) is 6.18. The van der Waals surface area contributed by atoms with Gasteiger partial charge in [-0.3, -0.25) is 4.79 Å². The lowest BCUT2D eigenvalue weighted by Crippen LogP contribution is -2.39. The Morgan fingerprint density at radius 3 is 2.40 bits per heavy atom. The number of benzene rings is 1. The molecule has 0 fully saturated rings. The number of likely N-dealkylation sites (N-methyl/N-ethyl adjacent to an activating group) is 2. The summed E-state index contributed by atoms with van der Waals surface area (Å²) >= 11 is 6.60. The highest BCUT2D eigenvalue weighted by molar-refractivity contribution is 9.11. The smallest absolute Gasteiger partial charge is 0.244 e. The normalized spacial score (nSPS) is 11.7. The van der Waals surface area contributed by atoms with Crippen molar-refractivity contribution in [2.75, 3.05) is 20.1 Å². The van der Waals surface area contributed by atoms with Gasteiger partial charge in [-0.05, 0) is 40.5 Å². The highest BCUT2D eigenvalue weighted by Gasteiger charge is 2.27. The number of sulfonamides is 1. The standard InChI is InChI=1S/C12H16Br2N2O3S/c1-4-16(7-12(17)15-3)20(18,19)11-6-9(13)8(2)5-10(11)14/h5-6H,4,7H2,1-3H3,(H,15,17). The maximum atomic E-state index is 12.6. The van der Waals surface area contributed by atoms with E-state index in [0.717, 1.165) is 9.87 Å². The minimum absolute atomic E-state index is 0.140. The first-order valence-electron chi connectivity index (χ1n) is 5.90. The summed E-state index contributed by atoms with van der Waals surface area (Å²) in [5.41, 5.74) is 0.921. The second-order valence-electron chi connectivity index (χ2n) is 4.14. The van der Waals surface area contributed by atoms with Crippen LogP contribution in [0, 0.1) is 6.92 Å². The molecule has 112 valence electrons. The highest BCUT2D eigenvalue weighted by atomic mass is 79.9. The third-order valence-corrected chi connectivity index (χ3v) is 6.52. The molecule has 0 saturated heterocycles. The van der Waals surface area contributed by atoms with Gasteiger partial charge in [0, 0.05) is 22.5 Å². The number of hydrogen-bond donors (Lipinski definition) is 1. The number of nitrogens with zero attached hydrogens (tertiary/aromatic N) is 1. The predicted molar refractivity (Wildman–Crippen MR) is 85.1 cm³/mol. The van der Waals surface area contributed by atoms with E-state index in [9.17, 15) is 13.2 Å². The minimum atomic E-state index is -3.73. The van der Waals surface area contributed by atoms with Crippen molar-refractivity contribution in [2.24, 2.45) is 0 Å².